The van der Waals surface area contributed by atoms with Crippen LogP contribution in [0.15, 0.2) is 29.3 Å². The van der Waals surface area contributed by atoms with E-state index >= 15 is 0 Å². The number of hydrogen-bond acceptors (Lipinski definition) is 2. The molecule has 0 spiro atoms. The Balaban J connectivity index is 2.36. The average molecular weight is 255 g/mol. The molecule has 0 radical (unpaired) electrons. The Morgan fingerprint density at radius 2 is 1.67 bits per heavy atom. The maximum absolute atomic E-state index is 12.3. The first kappa shape index (κ1) is 12.2. The van der Waals surface area contributed by atoms with Crippen LogP contribution in [0.5, 0.6) is 0 Å². The van der Waals surface area contributed by atoms with Gasteiger partial charge in [0.15, 0.2) is 6.21 Å². The van der Waals surface area contributed by atoms with E-state index in [-0.39, 0.29) is 5.69 Å². The van der Waals surface area contributed by atoms with Crippen LogP contribution in [0.3, 0.4) is 0 Å². The number of nitrogens with zero attached hydrogens (tertiary/aromatic N) is 2. The fraction of sp³-hybridized carbons (Fsp3) is 0.0909. The van der Waals surface area contributed by atoms with Crippen molar-refractivity contribution < 1.29 is 27.3 Å². The lowest BCUT2D eigenvalue weighted by molar-refractivity contribution is -0.356. The quantitative estimate of drug-likeness (QED) is 0.564. The molecule has 7 heteroatoms. The molecule has 92 valence electrons. The van der Waals surface area contributed by atoms with Crippen LogP contribution in [0, 0.1) is 0 Å². The molecule has 0 atom stereocenters. The number of carbonyl (C=O) groups excluding carboxylic acids is 2. The molecule has 4 nitrogen and oxygen atoms in total. The Labute approximate surface area is 99.1 Å². The monoisotopic (exact) mass is 255 g/mol. The number of hydrogen-bond donors (Lipinski definition) is 0. The smallest absolute Gasteiger partial charge is 0.255 e. The summed E-state index contributed by atoms with van der Waals surface area (Å²) in [7, 11) is 0. The number of alkyl halides is 3. The highest BCUT2D eigenvalue weighted by molar-refractivity contribution is 6.39. The van der Waals surface area contributed by atoms with Gasteiger partial charge in [-0.1, -0.05) is 0 Å². The second kappa shape index (κ2) is 4.17. The predicted octanol–water partition coefficient (Wildman–Crippen LogP) is 1.56. The van der Waals surface area contributed by atoms with Crippen molar-refractivity contribution in [1.29, 1.82) is 0 Å². The van der Waals surface area contributed by atoms with Gasteiger partial charge in [-0.05, 0) is 12.1 Å². The molecular formula is C11H6F3N2O2+. The lowest BCUT2D eigenvalue weighted by atomic mass is 10.2. The average Bonchev–Trinajstić information content (AvgIpc) is 2.32. The Bertz CT molecular complexity index is 571. The molecule has 0 aromatic heterocycles. The van der Waals surface area contributed by atoms with Crippen LogP contribution in [-0.4, -0.2) is 28.8 Å². The maximum atomic E-state index is 12.3. The Hall–Kier alpha value is -2.31. The summed E-state index contributed by atoms with van der Waals surface area (Å²) < 4.78 is 38.0. The first-order valence-corrected chi connectivity index (χ1v) is 4.82. The third-order valence-electron chi connectivity index (χ3n) is 2.28. The van der Waals surface area contributed by atoms with Crippen molar-refractivity contribution in [2.45, 2.75) is 6.18 Å². The molecule has 1 aromatic carbocycles. The molecule has 18 heavy (non-hydrogen) atoms. The lowest BCUT2D eigenvalue weighted by Crippen LogP contribution is -2.28. The van der Waals surface area contributed by atoms with Crippen LogP contribution in [0.4, 0.5) is 18.9 Å². The summed E-state index contributed by atoms with van der Waals surface area (Å²) in [5.74, 6) is -1.87. The maximum Gasteiger partial charge on any atom is 0.485 e. The number of benzene rings is 1. The van der Waals surface area contributed by atoms with E-state index in [1.54, 1.807) is 0 Å². The molecule has 0 unspecified atom stereocenters. The molecule has 0 bridgehead atoms. The third-order valence-corrected chi connectivity index (χ3v) is 2.28. The number of carbonyl (C=O) groups is 2. The largest absolute Gasteiger partial charge is 0.485 e. The van der Waals surface area contributed by atoms with E-state index in [4.69, 9.17) is 0 Å². The molecule has 0 saturated heterocycles. The number of amides is 2. The topological polar surface area (TPSA) is 49.5 Å². The lowest BCUT2D eigenvalue weighted by Gasteiger charge is -2.06. The van der Waals surface area contributed by atoms with E-state index in [0.29, 0.717) is 0 Å². The van der Waals surface area contributed by atoms with Crippen molar-refractivity contribution in [3.63, 3.8) is 0 Å². The second-order valence-electron chi connectivity index (χ2n) is 3.45. The number of aliphatic imine (C=N–C) groups is 1. The normalized spacial score (nSPS) is 15.8. The van der Waals surface area contributed by atoms with Gasteiger partial charge in [0.25, 0.3) is 0 Å². The minimum absolute atomic E-state index is 0.174. The van der Waals surface area contributed by atoms with E-state index in [2.05, 4.69) is 4.99 Å². The van der Waals surface area contributed by atoms with Crippen LogP contribution < -0.4 is 0 Å². The van der Waals surface area contributed by atoms with Crippen molar-refractivity contribution in [2.24, 2.45) is 4.99 Å². The van der Waals surface area contributed by atoms with E-state index in [1.807, 2.05) is 0 Å². The summed E-state index contributed by atoms with van der Waals surface area (Å²) in [5.41, 5.74) is -0.650. The van der Waals surface area contributed by atoms with E-state index < -0.39 is 23.6 Å². The SMILES string of the molecule is O=C1N=CC=[N+](c2ccc(C(F)(F)F)cc2)C1=O. The summed E-state index contributed by atoms with van der Waals surface area (Å²) in [6, 6.07) is 3.91. The Kier molecular flexibility index (Phi) is 2.82. The highest BCUT2D eigenvalue weighted by atomic mass is 19.4. The van der Waals surface area contributed by atoms with Gasteiger partial charge < -0.3 is 0 Å². The van der Waals surface area contributed by atoms with Gasteiger partial charge in [0.2, 0.25) is 5.69 Å². The van der Waals surface area contributed by atoms with Gasteiger partial charge in [-0.2, -0.15) is 13.2 Å². The zero-order valence-electron chi connectivity index (χ0n) is 8.81. The molecule has 0 saturated carbocycles. The van der Waals surface area contributed by atoms with E-state index in [9.17, 15) is 22.8 Å². The van der Waals surface area contributed by atoms with Gasteiger partial charge >= 0.3 is 18.0 Å². The minimum atomic E-state index is -4.44. The molecule has 0 N–H and O–H groups in total. The number of rotatable bonds is 1. The molecule has 1 heterocycles. The van der Waals surface area contributed by atoms with Crippen LogP contribution >= 0.6 is 0 Å². The summed E-state index contributed by atoms with van der Waals surface area (Å²) in [6.45, 7) is 0. The van der Waals surface area contributed by atoms with Gasteiger partial charge in [-0.15, -0.1) is 4.58 Å². The second-order valence-corrected chi connectivity index (χ2v) is 3.45. The number of halogens is 3. The van der Waals surface area contributed by atoms with Gasteiger partial charge in [-0.25, -0.2) is 9.79 Å². The summed E-state index contributed by atoms with van der Waals surface area (Å²) in [6.07, 6.45) is -2.11. The van der Waals surface area contributed by atoms with Crippen molar-refractivity contribution in [3.05, 3.63) is 29.8 Å². The third kappa shape index (κ3) is 2.20. The Morgan fingerprint density at radius 3 is 2.22 bits per heavy atom. The molecule has 0 aliphatic carbocycles. The summed E-state index contributed by atoms with van der Waals surface area (Å²) >= 11 is 0. The molecule has 0 fully saturated rings. The Morgan fingerprint density at radius 1 is 1.06 bits per heavy atom. The summed E-state index contributed by atoms with van der Waals surface area (Å²) in [4.78, 5) is 25.7. The van der Waals surface area contributed by atoms with Crippen LogP contribution in [0.1, 0.15) is 5.56 Å². The van der Waals surface area contributed by atoms with Crippen molar-refractivity contribution in [2.75, 3.05) is 0 Å². The summed E-state index contributed by atoms with van der Waals surface area (Å²) in [5, 5.41) is 0. The van der Waals surface area contributed by atoms with E-state index in [0.717, 1.165) is 35.1 Å². The first-order chi connectivity index (χ1) is 8.39. The first-order valence-electron chi connectivity index (χ1n) is 4.82. The van der Waals surface area contributed by atoms with Gasteiger partial charge in [-0.3, -0.25) is 4.79 Å². The standard InChI is InChI=1S/C11H6F3N2O2/c12-11(13,14)7-1-3-8(4-2-7)16-6-5-15-9(17)10(16)18/h1-6H/q+1. The van der Waals surface area contributed by atoms with Crippen molar-refractivity contribution >= 4 is 29.9 Å². The van der Waals surface area contributed by atoms with E-state index in [1.165, 1.54) is 6.21 Å². The van der Waals surface area contributed by atoms with Gasteiger partial charge in [0, 0.05) is 12.1 Å². The van der Waals surface area contributed by atoms with Gasteiger partial charge in [0.1, 0.15) is 0 Å². The fourth-order valence-corrected chi connectivity index (χ4v) is 1.41. The molecule has 2 rings (SSSR count). The fourth-order valence-electron chi connectivity index (χ4n) is 1.41. The highest BCUT2D eigenvalue weighted by Crippen LogP contribution is 2.30. The van der Waals surface area contributed by atoms with Crippen molar-refractivity contribution in [1.82, 2.24) is 0 Å². The van der Waals surface area contributed by atoms with Crippen LogP contribution in [-0.2, 0) is 15.8 Å². The van der Waals surface area contributed by atoms with Crippen molar-refractivity contribution in [3.8, 4) is 0 Å². The molecular weight excluding hydrogens is 249 g/mol. The van der Waals surface area contributed by atoms with Crippen LogP contribution in [0.2, 0.25) is 0 Å². The van der Waals surface area contributed by atoms with Gasteiger partial charge in [0.05, 0.1) is 11.8 Å². The minimum Gasteiger partial charge on any atom is -0.255 e. The van der Waals surface area contributed by atoms with Crippen LogP contribution in [0.25, 0.3) is 0 Å². The predicted molar refractivity (Wildman–Crippen MR) is 55.9 cm³/mol. The zero-order valence-corrected chi connectivity index (χ0v) is 8.81. The molecule has 1 aliphatic heterocycles. The molecule has 1 aromatic rings. The highest BCUT2D eigenvalue weighted by Gasteiger charge is 2.33. The molecule has 2 amide bonds. The zero-order chi connectivity index (χ0) is 13.3. The molecule has 1 aliphatic rings.